The van der Waals surface area contributed by atoms with Crippen LogP contribution in [-0.2, 0) is 0 Å². The van der Waals surface area contributed by atoms with Gasteiger partial charge in [-0.2, -0.15) is 5.10 Å². The van der Waals surface area contributed by atoms with Gasteiger partial charge in [0.25, 0.3) is 0 Å². The molecule has 0 saturated heterocycles. The number of hydrazone groups is 1. The molecule has 0 aliphatic rings. The molecule has 0 aliphatic carbocycles. The molecule has 0 aromatic heterocycles. The quantitative estimate of drug-likeness (QED) is 0.453. The molecule has 3 nitrogen and oxygen atoms in total. The number of hydrogen-bond acceptors (Lipinski definition) is 3. The number of anilines is 1. The predicted octanol–water partition coefficient (Wildman–Crippen LogP) is 6.06. The van der Waals surface area contributed by atoms with E-state index in [1.54, 1.807) is 6.21 Å². The molecule has 2 aromatic rings. The van der Waals surface area contributed by atoms with Crippen LogP contribution in [0.25, 0.3) is 0 Å². The zero-order valence-electron chi connectivity index (χ0n) is 13.7. The second-order valence-corrected chi connectivity index (χ2v) is 7.36. The molecule has 0 radical (unpaired) electrons. The number of ether oxygens (including phenoxy) is 1. The molecule has 0 heterocycles. The van der Waals surface area contributed by atoms with Crippen molar-refractivity contribution in [2.45, 2.75) is 33.8 Å². The number of aryl methyl sites for hydroxylation is 2. The molecule has 0 bridgehead atoms. The first-order valence-corrected chi connectivity index (χ1v) is 8.97. The van der Waals surface area contributed by atoms with Gasteiger partial charge in [-0.05, 0) is 101 Å². The van der Waals surface area contributed by atoms with Crippen molar-refractivity contribution in [2.24, 2.45) is 5.10 Å². The van der Waals surface area contributed by atoms with E-state index in [2.05, 4.69) is 68.4 Å². The summed E-state index contributed by atoms with van der Waals surface area (Å²) in [5.41, 5.74) is 7.51. The Kier molecular flexibility index (Phi) is 6.25. The van der Waals surface area contributed by atoms with Crippen LogP contribution in [0.5, 0.6) is 5.75 Å². The molecule has 0 amide bonds. The number of halogens is 2. The molecular formula is C18H20Br2N2O. The molecule has 0 atom stereocenters. The summed E-state index contributed by atoms with van der Waals surface area (Å²) in [7, 11) is 0. The van der Waals surface area contributed by atoms with Gasteiger partial charge in [0.2, 0.25) is 0 Å². The summed E-state index contributed by atoms with van der Waals surface area (Å²) in [6, 6.07) is 10.1. The average molecular weight is 440 g/mol. The van der Waals surface area contributed by atoms with Crippen LogP contribution in [0.1, 0.15) is 30.5 Å². The van der Waals surface area contributed by atoms with Crippen molar-refractivity contribution in [3.8, 4) is 5.75 Å². The Morgan fingerprint density at radius 3 is 2.26 bits per heavy atom. The lowest BCUT2D eigenvalue weighted by Gasteiger charge is -2.13. The summed E-state index contributed by atoms with van der Waals surface area (Å²) >= 11 is 7.09. The fraction of sp³-hybridized carbons (Fsp3) is 0.278. The highest BCUT2D eigenvalue weighted by Gasteiger charge is 2.09. The number of hydrogen-bond donors (Lipinski definition) is 1. The molecule has 23 heavy (non-hydrogen) atoms. The normalized spacial score (nSPS) is 11.3. The smallest absolute Gasteiger partial charge is 0.148 e. The van der Waals surface area contributed by atoms with Crippen LogP contribution in [0.3, 0.4) is 0 Å². The molecule has 0 fully saturated rings. The third-order valence-corrected chi connectivity index (χ3v) is 4.47. The summed E-state index contributed by atoms with van der Waals surface area (Å²) in [5, 5.41) is 4.30. The van der Waals surface area contributed by atoms with Gasteiger partial charge in [-0.15, -0.1) is 0 Å². The third kappa shape index (κ3) is 5.08. The molecule has 0 spiro atoms. The lowest BCUT2D eigenvalue weighted by molar-refractivity contribution is 0.239. The SMILES string of the molecule is Cc1ccc(N/N=C/c2cc(Br)c(OC(C)C)c(Br)c2)cc1C. The summed E-state index contributed by atoms with van der Waals surface area (Å²) in [6.45, 7) is 8.19. The van der Waals surface area contributed by atoms with Gasteiger partial charge in [0.1, 0.15) is 5.75 Å². The first-order valence-electron chi connectivity index (χ1n) is 7.39. The summed E-state index contributed by atoms with van der Waals surface area (Å²) in [6.07, 6.45) is 1.90. The van der Waals surface area contributed by atoms with E-state index >= 15 is 0 Å². The minimum atomic E-state index is 0.119. The average Bonchev–Trinajstić information content (AvgIpc) is 2.46. The Bertz CT molecular complexity index is 704. The van der Waals surface area contributed by atoms with Crippen LogP contribution >= 0.6 is 31.9 Å². The summed E-state index contributed by atoms with van der Waals surface area (Å²) in [5.74, 6) is 0.805. The predicted molar refractivity (Wildman–Crippen MR) is 105 cm³/mol. The first kappa shape index (κ1) is 18.0. The second kappa shape index (κ2) is 7.97. The third-order valence-electron chi connectivity index (χ3n) is 3.29. The van der Waals surface area contributed by atoms with Crippen LogP contribution in [0.2, 0.25) is 0 Å². The number of benzene rings is 2. The largest absolute Gasteiger partial charge is 0.489 e. The molecule has 2 aromatic carbocycles. The lowest BCUT2D eigenvalue weighted by Crippen LogP contribution is -2.06. The number of nitrogens with one attached hydrogen (secondary N) is 1. The summed E-state index contributed by atoms with van der Waals surface area (Å²) in [4.78, 5) is 0. The highest BCUT2D eigenvalue weighted by Crippen LogP contribution is 2.35. The highest BCUT2D eigenvalue weighted by atomic mass is 79.9. The van der Waals surface area contributed by atoms with Crippen LogP contribution in [0, 0.1) is 13.8 Å². The van der Waals surface area contributed by atoms with Gasteiger partial charge < -0.3 is 4.74 Å². The Labute approximate surface area is 154 Å². The van der Waals surface area contributed by atoms with E-state index < -0.39 is 0 Å². The minimum Gasteiger partial charge on any atom is -0.489 e. The van der Waals surface area contributed by atoms with Crippen molar-refractivity contribution in [1.29, 1.82) is 0 Å². The van der Waals surface area contributed by atoms with E-state index in [1.807, 2.05) is 32.0 Å². The maximum Gasteiger partial charge on any atom is 0.148 e. The zero-order chi connectivity index (χ0) is 17.0. The maximum atomic E-state index is 5.78. The Morgan fingerprint density at radius 2 is 1.70 bits per heavy atom. The van der Waals surface area contributed by atoms with Crippen LogP contribution in [0.4, 0.5) is 5.69 Å². The Balaban J connectivity index is 2.12. The molecule has 0 unspecified atom stereocenters. The van der Waals surface area contributed by atoms with Crippen LogP contribution in [0.15, 0.2) is 44.4 Å². The zero-order valence-corrected chi connectivity index (χ0v) is 16.8. The lowest BCUT2D eigenvalue weighted by atomic mass is 10.1. The van der Waals surface area contributed by atoms with Gasteiger partial charge in [-0.3, -0.25) is 5.43 Å². The van der Waals surface area contributed by atoms with E-state index in [1.165, 1.54) is 11.1 Å². The van der Waals surface area contributed by atoms with Gasteiger partial charge in [0.05, 0.1) is 27.0 Å². The molecule has 0 saturated carbocycles. The molecule has 122 valence electrons. The number of nitrogens with zero attached hydrogens (tertiary/aromatic N) is 1. The van der Waals surface area contributed by atoms with E-state index in [9.17, 15) is 0 Å². The molecule has 5 heteroatoms. The van der Waals surface area contributed by atoms with Crippen molar-refractivity contribution in [3.05, 3.63) is 56.0 Å². The van der Waals surface area contributed by atoms with Crippen LogP contribution in [-0.4, -0.2) is 12.3 Å². The van der Waals surface area contributed by atoms with E-state index in [4.69, 9.17) is 4.74 Å². The van der Waals surface area contributed by atoms with Crippen molar-refractivity contribution in [3.63, 3.8) is 0 Å². The monoisotopic (exact) mass is 438 g/mol. The number of rotatable bonds is 5. The fourth-order valence-electron chi connectivity index (χ4n) is 1.99. The van der Waals surface area contributed by atoms with Crippen molar-refractivity contribution >= 4 is 43.8 Å². The van der Waals surface area contributed by atoms with Crippen molar-refractivity contribution < 1.29 is 4.74 Å². The standard InChI is InChI=1S/C18H20Br2N2O/c1-11(2)23-18-16(19)8-14(9-17(18)20)10-21-22-15-6-5-12(3)13(4)7-15/h5-11,22H,1-4H3/b21-10+. The van der Waals surface area contributed by atoms with Crippen molar-refractivity contribution in [1.82, 2.24) is 0 Å². The van der Waals surface area contributed by atoms with Gasteiger partial charge in [0.15, 0.2) is 0 Å². The van der Waals surface area contributed by atoms with Crippen molar-refractivity contribution in [2.75, 3.05) is 5.43 Å². The van der Waals surface area contributed by atoms with E-state index in [0.29, 0.717) is 0 Å². The minimum absolute atomic E-state index is 0.119. The Morgan fingerprint density at radius 1 is 1.04 bits per heavy atom. The van der Waals surface area contributed by atoms with E-state index in [-0.39, 0.29) is 6.10 Å². The Hall–Kier alpha value is -1.33. The van der Waals surface area contributed by atoms with E-state index in [0.717, 1.165) is 25.9 Å². The van der Waals surface area contributed by atoms with Gasteiger partial charge >= 0.3 is 0 Å². The molecule has 0 aliphatic heterocycles. The summed E-state index contributed by atoms with van der Waals surface area (Å²) < 4.78 is 7.57. The van der Waals surface area contributed by atoms with Gasteiger partial charge in [0, 0.05) is 0 Å². The fourth-order valence-corrected chi connectivity index (χ4v) is 3.40. The maximum absolute atomic E-state index is 5.78. The van der Waals surface area contributed by atoms with Gasteiger partial charge in [-0.1, -0.05) is 6.07 Å². The molecule has 1 N–H and O–H groups in total. The molecule has 2 rings (SSSR count). The van der Waals surface area contributed by atoms with Gasteiger partial charge in [-0.25, -0.2) is 0 Å². The second-order valence-electron chi connectivity index (χ2n) is 5.65. The van der Waals surface area contributed by atoms with Crippen LogP contribution < -0.4 is 10.2 Å². The first-order chi connectivity index (χ1) is 10.9. The molecular weight excluding hydrogens is 420 g/mol. The highest BCUT2D eigenvalue weighted by molar-refractivity contribution is 9.11. The topological polar surface area (TPSA) is 33.6 Å².